The average Bonchev–Trinajstić information content (AvgIpc) is 2.55. The minimum absolute atomic E-state index is 0.280. The molecule has 2 aromatic carbocycles. The molecule has 0 spiro atoms. The second-order valence-electron chi connectivity index (χ2n) is 4.37. The lowest BCUT2D eigenvalue weighted by Gasteiger charge is -2.13. The van der Waals surface area contributed by atoms with Gasteiger partial charge in [0.1, 0.15) is 17.2 Å². The summed E-state index contributed by atoms with van der Waals surface area (Å²) in [5.41, 5.74) is 0.991. The van der Waals surface area contributed by atoms with Gasteiger partial charge in [-0.2, -0.15) is 0 Å². The molecule has 0 aliphatic heterocycles. The molecule has 22 heavy (non-hydrogen) atoms. The van der Waals surface area contributed by atoms with E-state index in [-0.39, 0.29) is 5.91 Å². The van der Waals surface area contributed by atoms with Gasteiger partial charge in [-0.3, -0.25) is 4.79 Å². The molecule has 0 unspecified atom stereocenters. The van der Waals surface area contributed by atoms with E-state index < -0.39 is 0 Å². The first kappa shape index (κ1) is 16.2. The van der Waals surface area contributed by atoms with E-state index >= 15 is 0 Å². The molecule has 0 atom stereocenters. The fourth-order valence-electron chi connectivity index (χ4n) is 1.91. The molecule has 1 N–H and O–H groups in total. The Labute approximate surface area is 137 Å². The summed E-state index contributed by atoms with van der Waals surface area (Å²) in [6.07, 6.45) is 0. The zero-order valence-corrected chi connectivity index (χ0v) is 14.1. The first-order valence-electron chi connectivity index (χ1n) is 6.46. The summed E-state index contributed by atoms with van der Waals surface area (Å²) in [6.45, 7) is 0. The average molecular weight is 366 g/mol. The van der Waals surface area contributed by atoms with E-state index in [4.69, 9.17) is 14.2 Å². The Kier molecular flexibility index (Phi) is 5.27. The van der Waals surface area contributed by atoms with E-state index in [1.807, 2.05) is 0 Å². The molecule has 1 amide bonds. The number of carbonyl (C=O) groups excluding carboxylic acids is 1. The van der Waals surface area contributed by atoms with E-state index in [0.717, 1.165) is 0 Å². The Bertz CT molecular complexity index is 688. The molecule has 0 heterocycles. The highest BCUT2D eigenvalue weighted by atomic mass is 79.9. The molecule has 116 valence electrons. The second-order valence-corrected chi connectivity index (χ2v) is 5.22. The van der Waals surface area contributed by atoms with Crippen LogP contribution in [0.1, 0.15) is 10.4 Å². The molecule has 0 aliphatic carbocycles. The maximum Gasteiger partial charge on any atom is 0.257 e. The summed E-state index contributed by atoms with van der Waals surface area (Å²) in [4.78, 5) is 12.5. The van der Waals surface area contributed by atoms with Gasteiger partial charge in [0.25, 0.3) is 5.91 Å². The Morgan fingerprint density at radius 2 is 1.59 bits per heavy atom. The molecule has 0 aliphatic rings. The maximum absolute atomic E-state index is 12.5. The number of hydrogen-bond donors (Lipinski definition) is 1. The van der Waals surface area contributed by atoms with E-state index in [1.165, 1.54) is 0 Å². The number of carbonyl (C=O) groups is 1. The minimum Gasteiger partial charge on any atom is -0.497 e. The van der Waals surface area contributed by atoms with Gasteiger partial charge in [-0.25, -0.2) is 0 Å². The van der Waals surface area contributed by atoms with Crippen LogP contribution in [-0.4, -0.2) is 27.2 Å². The van der Waals surface area contributed by atoms with E-state index in [0.29, 0.717) is 33.0 Å². The van der Waals surface area contributed by atoms with Gasteiger partial charge in [-0.1, -0.05) is 0 Å². The number of ether oxygens (including phenoxy) is 3. The van der Waals surface area contributed by atoms with Gasteiger partial charge in [0.05, 0.1) is 32.6 Å². The smallest absolute Gasteiger partial charge is 0.257 e. The molecule has 2 rings (SSSR count). The zero-order valence-electron chi connectivity index (χ0n) is 12.5. The number of nitrogens with one attached hydrogen (secondary N) is 1. The van der Waals surface area contributed by atoms with E-state index in [2.05, 4.69) is 21.2 Å². The van der Waals surface area contributed by atoms with Gasteiger partial charge in [-0.15, -0.1) is 0 Å². The molecule has 5 nitrogen and oxygen atoms in total. The molecule has 0 fully saturated rings. The van der Waals surface area contributed by atoms with Crippen LogP contribution in [-0.2, 0) is 0 Å². The highest BCUT2D eigenvalue weighted by Gasteiger charge is 2.14. The lowest BCUT2D eigenvalue weighted by molar-refractivity contribution is 0.102. The SMILES string of the molecule is COc1ccc(OC)c(NC(=O)c2cc(OC)ccc2Br)c1. The summed E-state index contributed by atoms with van der Waals surface area (Å²) in [5.74, 6) is 1.50. The van der Waals surface area contributed by atoms with Gasteiger partial charge in [0.15, 0.2) is 0 Å². The lowest BCUT2D eigenvalue weighted by Crippen LogP contribution is -2.13. The number of amides is 1. The van der Waals surface area contributed by atoms with Gasteiger partial charge in [0, 0.05) is 10.5 Å². The zero-order chi connectivity index (χ0) is 16.1. The van der Waals surface area contributed by atoms with Crippen molar-refractivity contribution in [2.45, 2.75) is 0 Å². The van der Waals surface area contributed by atoms with Crippen molar-refractivity contribution in [2.75, 3.05) is 26.6 Å². The van der Waals surface area contributed by atoms with Crippen LogP contribution >= 0.6 is 15.9 Å². The molecule has 2 aromatic rings. The van der Waals surface area contributed by atoms with E-state index in [9.17, 15) is 4.79 Å². The topological polar surface area (TPSA) is 56.8 Å². The standard InChI is InChI=1S/C16H16BrNO4/c1-20-10-4-6-13(17)12(8-10)16(19)18-14-9-11(21-2)5-7-15(14)22-3/h4-9H,1-3H3,(H,18,19). The number of hydrogen-bond acceptors (Lipinski definition) is 4. The minimum atomic E-state index is -0.280. The first-order valence-corrected chi connectivity index (χ1v) is 7.25. The van der Waals surface area contributed by atoms with Crippen molar-refractivity contribution < 1.29 is 19.0 Å². The molecular weight excluding hydrogens is 350 g/mol. The van der Waals surface area contributed by atoms with Gasteiger partial charge >= 0.3 is 0 Å². The lowest BCUT2D eigenvalue weighted by atomic mass is 10.2. The van der Waals surface area contributed by atoms with Crippen molar-refractivity contribution in [1.29, 1.82) is 0 Å². The molecule has 0 radical (unpaired) electrons. The first-order chi connectivity index (χ1) is 10.6. The van der Waals surface area contributed by atoms with Crippen LogP contribution in [0, 0.1) is 0 Å². The van der Waals surface area contributed by atoms with Crippen molar-refractivity contribution >= 4 is 27.5 Å². The fraction of sp³-hybridized carbons (Fsp3) is 0.188. The normalized spacial score (nSPS) is 10.0. The monoisotopic (exact) mass is 365 g/mol. The van der Waals surface area contributed by atoms with E-state index in [1.54, 1.807) is 57.7 Å². The summed E-state index contributed by atoms with van der Waals surface area (Å²) in [5, 5.41) is 2.82. The number of anilines is 1. The molecule has 0 saturated heterocycles. The van der Waals surface area contributed by atoms with Crippen LogP contribution in [0.3, 0.4) is 0 Å². The van der Waals surface area contributed by atoms with Gasteiger partial charge < -0.3 is 19.5 Å². The largest absolute Gasteiger partial charge is 0.497 e. The Morgan fingerprint density at radius 3 is 2.23 bits per heavy atom. The molecule has 0 bridgehead atoms. The van der Waals surface area contributed by atoms with Crippen LogP contribution in [0.15, 0.2) is 40.9 Å². The number of benzene rings is 2. The van der Waals surface area contributed by atoms with Crippen molar-refractivity contribution in [3.05, 3.63) is 46.4 Å². The predicted molar refractivity (Wildman–Crippen MR) is 88.2 cm³/mol. The summed E-state index contributed by atoms with van der Waals surface area (Å²) < 4.78 is 16.2. The van der Waals surface area contributed by atoms with Gasteiger partial charge in [0.2, 0.25) is 0 Å². The molecule has 6 heteroatoms. The van der Waals surface area contributed by atoms with Crippen LogP contribution in [0.25, 0.3) is 0 Å². The van der Waals surface area contributed by atoms with Crippen LogP contribution < -0.4 is 19.5 Å². The van der Waals surface area contributed by atoms with Crippen molar-refractivity contribution in [1.82, 2.24) is 0 Å². The molecular formula is C16H16BrNO4. The molecule has 0 aromatic heterocycles. The highest BCUT2D eigenvalue weighted by Crippen LogP contribution is 2.30. The number of rotatable bonds is 5. The highest BCUT2D eigenvalue weighted by molar-refractivity contribution is 9.10. The quantitative estimate of drug-likeness (QED) is 0.876. The Balaban J connectivity index is 2.32. The third-order valence-electron chi connectivity index (χ3n) is 3.07. The number of halogens is 1. The predicted octanol–water partition coefficient (Wildman–Crippen LogP) is 3.73. The van der Waals surface area contributed by atoms with Crippen LogP contribution in [0.2, 0.25) is 0 Å². The van der Waals surface area contributed by atoms with Gasteiger partial charge in [-0.05, 0) is 46.3 Å². The maximum atomic E-state index is 12.5. The van der Waals surface area contributed by atoms with Crippen LogP contribution in [0.4, 0.5) is 5.69 Å². The van der Waals surface area contributed by atoms with Crippen molar-refractivity contribution in [3.8, 4) is 17.2 Å². The third-order valence-corrected chi connectivity index (χ3v) is 3.76. The van der Waals surface area contributed by atoms with Crippen molar-refractivity contribution in [3.63, 3.8) is 0 Å². The third kappa shape index (κ3) is 3.51. The Hall–Kier alpha value is -2.21. The summed E-state index contributed by atoms with van der Waals surface area (Å²) >= 11 is 3.36. The van der Waals surface area contributed by atoms with Crippen molar-refractivity contribution in [2.24, 2.45) is 0 Å². The van der Waals surface area contributed by atoms with Crippen LogP contribution in [0.5, 0.6) is 17.2 Å². The summed E-state index contributed by atoms with van der Waals surface area (Å²) in [7, 11) is 4.65. The Morgan fingerprint density at radius 1 is 0.955 bits per heavy atom. The molecule has 0 saturated carbocycles. The second kappa shape index (κ2) is 7.17. The number of methoxy groups -OCH3 is 3. The summed E-state index contributed by atoms with van der Waals surface area (Å²) in [6, 6.07) is 10.4. The fourth-order valence-corrected chi connectivity index (χ4v) is 2.33.